The van der Waals surface area contributed by atoms with E-state index in [0.29, 0.717) is 34.8 Å². The van der Waals surface area contributed by atoms with Gasteiger partial charge in [-0.2, -0.15) is 0 Å². The molecule has 4 rings (SSSR count). The van der Waals surface area contributed by atoms with Crippen LogP contribution in [-0.2, 0) is 0 Å². The maximum Gasteiger partial charge on any atom is 0.409 e. The third-order valence-corrected chi connectivity index (χ3v) is 4.31. The standard InChI is InChI=1S/C18H15N3O5/c22-16-12-3-1-2-4-13(12)17(23)21(16)9-11-8-19-14-7-10(20-18(24)25)5-6-15(14)26-11/h1-7,11,19-20H,8-9H2,(H,24,25). The van der Waals surface area contributed by atoms with Gasteiger partial charge in [0.15, 0.2) is 0 Å². The van der Waals surface area contributed by atoms with E-state index in [1.54, 1.807) is 42.5 Å². The van der Waals surface area contributed by atoms with E-state index in [2.05, 4.69) is 10.6 Å². The molecule has 3 amide bonds. The van der Waals surface area contributed by atoms with Gasteiger partial charge < -0.3 is 15.2 Å². The number of ether oxygens (including phenoxy) is 1. The van der Waals surface area contributed by atoms with Gasteiger partial charge in [-0.1, -0.05) is 12.1 Å². The van der Waals surface area contributed by atoms with E-state index in [9.17, 15) is 14.4 Å². The average Bonchev–Trinajstić information content (AvgIpc) is 2.87. The van der Waals surface area contributed by atoms with Gasteiger partial charge in [-0.15, -0.1) is 0 Å². The lowest BCUT2D eigenvalue weighted by Gasteiger charge is -2.30. The van der Waals surface area contributed by atoms with E-state index in [4.69, 9.17) is 9.84 Å². The van der Waals surface area contributed by atoms with Crippen LogP contribution in [0.3, 0.4) is 0 Å². The molecule has 0 bridgehead atoms. The highest BCUT2D eigenvalue weighted by molar-refractivity contribution is 6.21. The lowest BCUT2D eigenvalue weighted by molar-refractivity contribution is 0.0576. The number of nitrogens with zero attached hydrogens (tertiary/aromatic N) is 1. The van der Waals surface area contributed by atoms with Crippen LogP contribution in [0.15, 0.2) is 42.5 Å². The number of hydrogen-bond acceptors (Lipinski definition) is 5. The predicted octanol–water partition coefficient (Wildman–Crippen LogP) is 2.25. The summed E-state index contributed by atoms with van der Waals surface area (Å²) in [5.41, 5.74) is 1.89. The number of hydrogen-bond donors (Lipinski definition) is 3. The molecule has 132 valence electrons. The van der Waals surface area contributed by atoms with Crippen LogP contribution in [0.4, 0.5) is 16.2 Å². The minimum absolute atomic E-state index is 0.133. The summed E-state index contributed by atoms with van der Waals surface area (Å²) in [6.45, 7) is 0.519. The third kappa shape index (κ3) is 2.71. The number of amides is 3. The number of carbonyl (C=O) groups excluding carboxylic acids is 2. The fourth-order valence-electron chi connectivity index (χ4n) is 3.13. The summed E-state index contributed by atoms with van der Waals surface area (Å²) in [4.78, 5) is 36.8. The maximum atomic E-state index is 12.4. The Hall–Kier alpha value is -3.55. The number of fused-ring (bicyclic) bond motifs is 2. The van der Waals surface area contributed by atoms with Gasteiger partial charge in [0, 0.05) is 5.69 Å². The van der Waals surface area contributed by atoms with Crippen LogP contribution in [0.1, 0.15) is 20.7 Å². The monoisotopic (exact) mass is 353 g/mol. The highest BCUT2D eigenvalue weighted by atomic mass is 16.5. The highest BCUT2D eigenvalue weighted by Gasteiger charge is 2.37. The Morgan fingerprint density at radius 1 is 1.19 bits per heavy atom. The second kappa shape index (κ2) is 6.07. The van der Waals surface area contributed by atoms with E-state index >= 15 is 0 Å². The first-order valence-electron chi connectivity index (χ1n) is 8.02. The lowest BCUT2D eigenvalue weighted by Crippen LogP contribution is -2.44. The van der Waals surface area contributed by atoms with Gasteiger partial charge in [-0.05, 0) is 30.3 Å². The molecular formula is C18H15N3O5. The van der Waals surface area contributed by atoms with Crippen LogP contribution in [0.5, 0.6) is 5.75 Å². The van der Waals surface area contributed by atoms with Crippen molar-refractivity contribution in [2.75, 3.05) is 23.7 Å². The van der Waals surface area contributed by atoms with Crippen molar-refractivity contribution in [1.82, 2.24) is 4.90 Å². The number of imide groups is 1. The molecule has 0 saturated carbocycles. The van der Waals surface area contributed by atoms with E-state index in [1.807, 2.05) is 0 Å². The van der Waals surface area contributed by atoms with Gasteiger partial charge in [-0.25, -0.2) is 4.79 Å². The number of rotatable bonds is 3. The molecule has 8 heteroatoms. The first-order chi connectivity index (χ1) is 12.5. The Bertz CT molecular complexity index is 892. The van der Waals surface area contributed by atoms with Crippen molar-refractivity contribution in [1.29, 1.82) is 0 Å². The average molecular weight is 353 g/mol. The zero-order valence-electron chi connectivity index (χ0n) is 13.6. The Morgan fingerprint density at radius 2 is 1.88 bits per heavy atom. The zero-order valence-corrected chi connectivity index (χ0v) is 13.6. The molecule has 3 N–H and O–H groups in total. The van der Waals surface area contributed by atoms with Crippen molar-refractivity contribution in [2.45, 2.75) is 6.10 Å². The molecule has 2 aliphatic rings. The molecule has 0 aromatic heterocycles. The molecule has 2 aromatic carbocycles. The number of carbonyl (C=O) groups is 3. The summed E-state index contributed by atoms with van der Waals surface area (Å²) >= 11 is 0. The summed E-state index contributed by atoms with van der Waals surface area (Å²) < 4.78 is 5.87. The minimum Gasteiger partial charge on any atom is -0.485 e. The van der Waals surface area contributed by atoms with Crippen molar-refractivity contribution in [2.24, 2.45) is 0 Å². The fourth-order valence-corrected chi connectivity index (χ4v) is 3.13. The van der Waals surface area contributed by atoms with Crippen LogP contribution in [0, 0.1) is 0 Å². The van der Waals surface area contributed by atoms with E-state index in [-0.39, 0.29) is 18.4 Å². The number of benzene rings is 2. The van der Waals surface area contributed by atoms with Crippen LogP contribution < -0.4 is 15.4 Å². The van der Waals surface area contributed by atoms with Crippen molar-refractivity contribution in [3.05, 3.63) is 53.6 Å². The number of nitrogens with one attached hydrogen (secondary N) is 2. The largest absolute Gasteiger partial charge is 0.485 e. The zero-order chi connectivity index (χ0) is 18.3. The van der Waals surface area contributed by atoms with E-state index in [0.717, 1.165) is 0 Å². The summed E-state index contributed by atoms with van der Waals surface area (Å²) in [5, 5.41) is 14.2. The Balaban J connectivity index is 1.48. The van der Waals surface area contributed by atoms with Gasteiger partial charge >= 0.3 is 6.09 Å². The van der Waals surface area contributed by atoms with Crippen LogP contribution in [0.25, 0.3) is 0 Å². The minimum atomic E-state index is -1.15. The van der Waals surface area contributed by atoms with Crippen LogP contribution >= 0.6 is 0 Å². The van der Waals surface area contributed by atoms with Crippen LogP contribution in [-0.4, -0.2) is 47.1 Å². The molecule has 2 aromatic rings. The molecule has 1 atom stereocenters. The SMILES string of the molecule is O=C(O)Nc1ccc2c(c1)NCC(CN1C(=O)c3ccccc3C1=O)O2. The normalized spacial score (nSPS) is 17.8. The predicted molar refractivity (Wildman–Crippen MR) is 92.8 cm³/mol. The molecule has 0 fully saturated rings. The molecule has 1 unspecified atom stereocenters. The summed E-state index contributed by atoms with van der Waals surface area (Å²) in [6, 6.07) is 11.6. The van der Waals surface area contributed by atoms with E-state index in [1.165, 1.54) is 4.90 Å². The van der Waals surface area contributed by atoms with Crippen molar-refractivity contribution in [3.63, 3.8) is 0 Å². The highest BCUT2D eigenvalue weighted by Crippen LogP contribution is 2.32. The van der Waals surface area contributed by atoms with Gasteiger partial charge in [0.05, 0.1) is 29.9 Å². The molecule has 0 spiro atoms. The van der Waals surface area contributed by atoms with Crippen molar-refractivity contribution < 1.29 is 24.2 Å². The van der Waals surface area contributed by atoms with E-state index < -0.39 is 12.2 Å². The van der Waals surface area contributed by atoms with Gasteiger partial charge in [0.1, 0.15) is 11.9 Å². The van der Waals surface area contributed by atoms with Crippen molar-refractivity contribution >= 4 is 29.3 Å². The van der Waals surface area contributed by atoms with Crippen molar-refractivity contribution in [3.8, 4) is 5.75 Å². The molecule has 2 heterocycles. The van der Waals surface area contributed by atoms with Gasteiger partial charge in [0.2, 0.25) is 0 Å². The Kier molecular flexibility index (Phi) is 3.72. The molecule has 0 saturated heterocycles. The fraction of sp³-hybridized carbons (Fsp3) is 0.167. The molecule has 2 aliphatic heterocycles. The Labute approximate surface area is 148 Å². The number of carboxylic acid groups (broad SMARTS) is 1. The summed E-state index contributed by atoms with van der Waals surface area (Å²) in [6.07, 6.45) is -1.55. The third-order valence-electron chi connectivity index (χ3n) is 4.31. The smallest absolute Gasteiger partial charge is 0.409 e. The topological polar surface area (TPSA) is 108 Å². The molecule has 8 nitrogen and oxygen atoms in total. The first-order valence-corrected chi connectivity index (χ1v) is 8.02. The summed E-state index contributed by atoms with van der Waals surface area (Å²) in [5.74, 6) is -0.101. The first kappa shape index (κ1) is 15.9. The second-order valence-electron chi connectivity index (χ2n) is 6.03. The molecular weight excluding hydrogens is 338 g/mol. The van der Waals surface area contributed by atoms with Gasteiger partial charge in [-0.3, -0.25) is 19.8 Å². The molecule has 0 radical (unpaired) electrons. The molecule has 0 aliphatic carbocycles. The quantitative estimate of drug-likeness (QED) is 0.731. The molecule has 26 heavy (non-hydrogen) atoms. The number of anilines is 2. The van der Waals surface area contributed by atoms with Gasteiger partial charge in [0.25, 0.3) is 11.8 Å². The second-order valence-corrected chi connectivity index (χ2v) is 6.03. The lowest BCUT2D eigenvalue weighted by atomic mass is 10.1. The summed E-state index contributed by atoms with van der Waals surface area (Å²) in [7, 11) is 0. The van der Waals surface area contributed by atoms with Crippen LogP contribution in [0.2, 0.25) is 0 Å². The maximum absolute atomic E-state index is 12.4. The Morgan fingerprint density at radius 3 is 2.54 bits per heavy atom.